The van der Waals surface area contributed by atoms with Crippen molar-refractivity contribution in [3.05, 3.63) is 52.0 Å². The largest absolute Gasteiger partial charge is 0.374 e. The van der Waals surface area contributed by atoms with E-state index in [1.165, 1.54) is 0 Å². The molecule has 1 aliphatic rings. The monoisotopic (exact) mass is 336 g/mol. The molecule has 1 N–H and O–H groups in total. The van der Waals surface area contributed by atoms with E-state index in [-0.39, 0.29) is 12.5 Å². The Balaban J connectivity index is 2.19. The van der Waals surface area contributed by atoms with Crippen LogP contribution in [0.3, 0.4) is 0 Å². The second-order valence-electron chi connectivity index (χ2n) is 4.20. The number of nitrogens with one attached hydrogen (secondary N) is 1. The van der Waals surface area contributed by atoms with Crippen LogP contribution in [0, 0.1) is 0 Å². The molecule has 2 aromatic rings. The fraction of sp³-hybridized carbons (Fsp3) is 0.0714. The standard InChI is InChI=1S/C14H10BrClN2O/c15-9-5-6-11-13(7-9)18(14(19)8-17-11)12-4-2-1-3-10(12)16/h1-7,17H,8H2. The number of para-hydroxylation sites is 1. The Kier molecular flexibility index (Phi) is 3.21. The summed E-state index contributed by atoms with van der Waals surface area (Å²) in [6.07, 6.45) is 0. The summed E-state index contributed by atoms with van der Waals surface area (Å²) in [7, 11) is 0. The summed E-state index contributed by atoms with van der Waals surface area (Å²) in [6, 6.07) is 13.1. The van der Waals surface area contributed by atoms with Gasteiger partial charge in [0.15, 0.2) is 0 Å². The molecule has 0 unspecified atom stereocenters. The molecular weight excluding hydrogens is 328 g/mol. The van der Waals surface area contributed by atoms with Crippen LogP contribution in [0.4, 0.5) is 17.1 Å². The summed E-state index contributed by atoms with van der Waals surface area (Å²) in [5.74, 6) is -0.0290. The number of halogens is 2. The number of carbonyl (C=O) groups is 1. The van der Waals surface area contributed by atoms with Crippen molar-refractivity contribution >= 4 is 50.5 Å². The summed E-state index contributed by atoms with van der Waals surface area (Å²) >= 11 is 9.63. The van der Waals surface area contributed by atoms with Crippen molar-refractivity contribution in [2.75, 3.05) is 16.8 Å². The van der Waals surface area contributed by atoms with E-state index < -0.39 is 0 Å². The van der Waals surface area contributed by atoms with Crippen LogP contribution in [0.1, 0.15) is 0 Å². The number of fused-ring (bicyclic) bond motifs is 1. The van der Waals surface area contributed by atoms with Gasteiger partial charge in [-0.25, -0.2) is 0 Å². The van der Waals surface area contributed by atoms with Gasteiger partial charge in [0, 0.05) is 4.47 Å². The molecule has 0 aromatic heterocycles. The highest BCUT2D eigenvalue weighted by molar-refractivity contribution is 9.10. The Morgan fingerprint density at radius 2 is 1.95 bits per heavy atom. The molecule has 0 aliphatic carbocycles. The Hall–Kier alpha value is -1.52. The van der Waals surface area contributed by atoms with Gasteiger partial charge >= 0.3 is 0 Å². The third-order valence-electron chi connectivity index (χ3n) is 2.97. The van der Waals surface area contributed by atoms with Crippen LogP contribution in [-0.4, -0.2) is 12.5 Å². The predicted octanol–water partition coefficient (Wildman–Crippen LogP) is 4.19. The molecule has 5 heteroatoms. The summed E-state index contributed by atoms with van der Waals surface area (Å²) in [4.78, 5) is 13.9. The third kappa shape index (κ3) is 2.22. The fourth-order valence-electron chi connectivity index (χ4n) is 2.12. The number of benzene rings is 2. The van der Waals surface area contributed by atoms with Gasteiger partial charge in [-0.3, -0.25) is 9.69 Å². The first kappa shape index (κ1) is 12.5. The van der Waals surface area contributed by atoms with Crippen molar-refractivity contribution in [1.82, 2.24) is 0 Å². The maximum Gasteiger partial charge on any atom is 0.250 e. The summed E-state index contributed by atoms with van der Waals surface area (Å²) < 4.78 is 0.916. The van der Waals surface area contributed by atoms with Crippen molar-refractivity contribution in [1.29, 1.82) is 0 Å². The third-order valence-corrected chi connectivity index (χ3v) is 3.79. The van der Waals surface area contributed by atoms with Crippen molar-refractivity contribution in [3.63, 3.8) is 0 Å². The van der Waals surface area contributed by atoms with Crippen LogP contribution >= 0.6 is 27.5 Å². The molecular formula is C14H10BrClN2O. The van der Waals surface area contributed by atoms with Crippen LogP contribution in [0.2, 0.25) is 5.02 Å². The quantitative estimate of drug-likeness (QED) is 0.846. The average molecular weight is 338 g/mol. The zero-order valence-electron chi connectivity index (χ0n) is 9.86. The maximum absolute atomic E-state index is 12.2. The highest BCUT2D eigenvalue weighted by Crippen LogP contribution is 2.39. The zero-order chi connectivity index (χ0) is 13.4. The lowest BCUT2D eigenvalue weighted by molar-refractivity contribution is -0.116. The summed E-state index contributed by atoms with van der Waals surface area (Å²) in [6.45, 7) is 0.264. The SMILES string of the molecule is O=C1CNc2ccc(Br)cc2N1c1ccccc1Cl. The van der Waals surface area contributed by atoms with Crippen LogP contribution in [0.5, 0.6) is 0 Å². The minimum atomic E-state index is -0.0290. The number of anilines is 3. The van der Waals surface area contributed by atoms with E-state index in [0.717, 1.165) is 15.8 Å². The highest BCUT2D eigenvalue weighted by atomic mass is 79.9. The van der Waals surface area contributed by atoms with Gasteiger partial charge in [-0.1, -0.05) is 39.7 Å². The van der Waals surface area contributed by atoms with Gasteiger partial charge in [0.05, 0.1) is 28.6 Å². The van der Waals surface area contributed by atoms with Crippen LogP contribution in [0.15, 0.2) is 46.9 Å². The first-order chi connectivity index (χ1) is 9.16. The molecule has 0 atom stereocenters. The predicted molar refractivity (Wildman–Crippen MR) is 81.2 cm³/mol. The van der Waals surface area contributed by atoms with Gasteiger partial charge in [-0.2, -0.15) is 0 Å². The molecule has 1 amide bonds. The first-order valence-corrected chi connectivity index (χ1v) is 6.95. The second kappa shape index (κ2) is 4.87. The van der Waals surface area contributed by atoms with E-state index in [1.807, 2.05) is 36.4 Å². The number of rotatable bonds is 1. The molecule has 0 radical (unpaired) electrons. The highest BCUT2D eigenvalue weighted by Gasteiger charge is 2.26. The van der Waals surface area contributed by atoms with Gasteiger partial charge in [0.1, 0.15) is 0 Å². The van der Waals surface area contributed by atoms with Crippen molar-refractivity contribution in [3.8, 4) is 0 Å². The number of hydrogen-bond acceptors (Lipinski definition) is 2. The van der Waals surface area contributed by atoms with Gasteiger partial charge in [0.25, 0.3) is 5.91 Å². The smallest absolute Gasteiger partial charge is 0.250 e. The molecule has 1 aliphatic heterocycles. The topological polar surface area (TPSA) is 32.3 Å². The van der Waals surface area contributed by atoms with Crippen LogP contribution < -0.4 is 10.2 Å². The average Bonchev–Trinajstić information content (AvgIpc) is 2.40. The molecule has 0 saturated carbocycles. The number of amides is 1. The van der Waals surface area contributed by atoms with E-state index in [1.54, 1.807) is 11.0 Å². The molecule has 3 nitrogen and oxygen atoms in total. The fourth-order valence-corrected chi connectivity index (χ4v) is 2.69. The number of hydrogen-bond donors (Lipinski definition) is 1. The van der Waals surface area contributed by atoms with Crippen molar-refractivity contribution < 1.29 is 4.79 Å². The lowest BCUT2D eigenvalue weighted by Gasteiger charge is -2.31. The molecule has 0 fully saturated rings. The molecule has 2 aromatic carbocycles. The van der Waals surface area contributed by atoms with E-state index in [4.69, 9.17) is 11.6 Å². The van der Waals surface area contributed by atoms with Crippen molar-refractivity contribution in [2.45, 2.75) is 0 Å². The molecule has 3 rings (SSSR count). The summed E-state index contributed by atoms with van der Waals surface area (Å²) in [5.41, 5.74) is 2.43. The van der Waals surface area contributed by atoms with Crippen molar-refractivity contribution in [2.24, 2.45) is 0 Å². The Morgan fingerprint density at radius 1 is 1.16 bits per heavy atom. The first-order valence-electron chi connectivity index (χ1n) is 5.78. The van der Waals surface area contributed by atoms with E-state index in [2.05, 4.69) is 21.2 Å². The second-order valence-corrected chi connectivity index (χ2v) is 5.52. The van der Waals surface area contributed by atoms with Gasteiger partial charge < -0.3 is 5.32 Å². The van der Waals surface area contributed by atoms with Gasteiger partial charge in [-0.05, 0) is 30.3 Å². The minimum absolute atomic E-state index is 0.0290. The van der Waals surface area contributed by atoms with Gasteiger partial charge in [0.2, 0.25) is 0 Å². The van der Waals surface area contributed by atoms with E-state index >= 15 is 0 Å². The molecule has 0 bridgehead atoms. The maximum atomic E-state index is 12.2. The van der Waals surface area contributed by atoms with E-state index in [0.29, 0.717) is 10.7 Å². The summed E-state index contributed by atoms with van der Waals surface area (Å²) in [5, 5.41) is 3.66. The van der Waals surface area contributed by atoms with Crippen LogP contribution in [-0.2, 0) is 4.79 Å². The van der Waals surface area contributed by atoms with Crippen LogP contribution in [0.25, 0.3) is 0 Å². The lowest BCUT2D eigenvalue weighted by atomic mass is 10.1. The van der Waals surface area contributed by atoms with Gasteiger partial charge in [-0.15, -0.1) is 0 Å². The molecule has 19 heavy (non-hydrogen) atoms. The number of carbonyl (C=O) groups excluding carboxylic acids is 1. The number of nitrogens with zero attached hydrogens (tertiary/aromatic N) is 1. The Morgan fingerprint density at radius 3 is 2.74 bits per heavy atom. The normalized spacial score (nSPS) is 14.0. The molecule has 0 saturated heterocycles. The molecule has 1 heterocycles. The zero-order valence-corrected chi connectivity index (χ0v) is 12.2. The molecule has 96 valence electrons. The Labute approximate surface area is 124 Å². The molecule has 0 spiro atoms. The van der Waals surface area contributed by atoms with E-state index in [9.17, 15) is 4.79 Å². The lowest BCUT2D eigenvalue weighted by Crippen LogP contribution is -2.36. The minimum Gasteiger partial charge on any atom is -0.374 e. The Bertz CT molecular complexity index is 660.